The number of nitrogens with zero attached hydrogens (tertiary/aromatic N) is 1. The van der Waals surface area contributed by atoms with Crippen LogP contribution in [0.5, 0.6) is 0 Å². The Kier molecular flexibility index (Phi) is 5.99. The molecule has 1 aromatic carbocycles. The number of carbonyl (C=O) groups is 2. The molecule has 1 heterocycles. The molecule has 1 fully saturated rings. The Bertz CT molecular complexity index is 455. The fraction of sp³-hybridized carbons (Fsp3) is 0.429. The lowest BCUT2D eigenvalue weighted by molar-refractivity contribution is 0.0761. The molecule has 1 aliphatic heterocycles. The second kappa shape index (κ2) is 7.26. The Hall–Kier alpha value is -1.39. The number of carbonyl (C=O) groups excluding carboxylic acids is 2. The van der Waals surface area contributed by atoms with Gasteiger partial charge in [0.15, 0.2) is 5.78 Å². The van der Waals surface area contributed by atoms with E-state index in [1.165, 1.54) is 6.92 Å². The van der Waals surface area contributed by atoms with Gasteiger partial charge in [-0.3, -0.25) is 9.59 Å². The number of rotatable bonds is 2. The molecule has 0 radical (unpaired) electrons. The molecule has 2 rings (SSSR count). The molecule has 0 aromatic heterocycles. The van der Waals surface area contributed by atoms with E-state index in [4.69, 9.17) is 0 Å². The van der Waals surface area contributed by atoms with Crippen LogP contribution in [0.3, 0.4) is 0 Å². The van der Waals surface area contributed by atoms with E-state index in [2.05, 4.69) is 5.32 Å². The molecule has 0 aliphatic carbocycles. The maximum absolute atomic E-state index is 12.4. The first-order valence-corrected chi connectivity index (χ1v) is 6.30. The number of Topliss-reactive ketones (excluding diaryl/α,β-unsaturated/α-hetero) is 1. The zero-order valence-corrected chi connectivity index (χ0v) is 11.8. The van der Waals surface area contributed by atoms with Gasteiger partial charge in [-0.1, -0.05) is 18.2 Å². The number of ketones is 1. The second-order valence-electron chi connectivity index (χ2n) is 4.50. The van der Waals surface area contributed by atoms with E-state index in [1.807, 2.05) is 4.90 Å². The highest BCUT2D eigenvalue weighted by molar-refractivity contribution is 6.07. The molecule has 19 heavy (non-hydrogen) atoms. The standard InChI is InChI=1S/C14H18N2O2.ClH/c1-11(17)12-5-2-3-6-13(12)14(18)16-9-4-7-15-8-10-16;/h2-3,5-6,15H,4,7-10H2,1H3;1H. The summed E-state index contributed by atoms with van der Waals surface area (Å²) in [5, 5.41) is 3.26. The topological polar surface area (TPSA) is 49.4 Å². The minimum absolute atomic E-state index is 0. The molecule has 0 spiro atoms. The number of hydrogen-bond donors (Lipinski definition) is 1. The summed E-state index contributed by atoms with van der Waals surface area (Å²) in [5.41, 5.74) is 1.03. The summed E-state index contributed by atoms with van der Waals surface area (Å²) in [6.45, 7) is 4.70. The van der Waals surface area contributed by atoms with E-state index in [-0.39, 0.29) is 24.1 Å². The minimum atomic E-state index is -0.0631. The lowest BCUT2D eigenvalue weighted by Gasteiger charge is -2.21. The Morgan fingerprint density at radius 3 is 2.47 bits per heavy atom. The molecule has 0 unspecified atom stereocenters. The van der Waals surface area contributed by atoms with E-state index in [1.54, 1.807) is 24.3 Å². The molecular weight excluding hydrogens is 264 g/mol. The summed E-state index contributed by atoms with van der Waals surface area (Å²) in [5.74, 6) is -0.101. The molecule has 0 atom stereocenters. The predicted molar refractivity (Wildman–Crippen MR) is 77.1 cm³/mol. The monoisotopic (exact) mass is 282 g/mol. The van der Waals surface area contributed by atoms with Gasteiger partial charge in [-0.15, -0.1) is 12.4 Å². The maximum Gasteiger partial charge on any atom is 0.254 e. The molecule has 0 bridgehead atoms. The fourth-order valence-electron chi connectivity index (χ4n) is 2.20. The number of nitrogens with one attached hydrogen (secondary N) is 1. The SMILES string of the molecule is CC(=O)c1ccccc1C(=O)N1CCCNCC1.Cl. The van der Waals surface area contributed by atoms with Crippen molar-refractivity contribution in [1.29, 1.82) is 0 Å². The number of halogens is 1. The second-order valence-corrected chi connectivity index (χ2v) is 4.50. The molecule has 1 aliphatic rings. The van der Waals surface area contributed by atoms with Crippen LogP contribution in [0.25, 0.3) is 0 Å². The van der Waals surface area contributed by atoms with Crippen molar-refractivity contribution in [2.45, 2.75) is 13.3 Å². The first-order chi connectivity index (χ1) is 8.70. The predicted octanol–water partition coefficient (Wildman–Crippen LogP) is 1.75. The summed E-state index contributed by atoms with van der Waals surface area (Å²) in [6.07, 6.45) is 0.952. The average Bonchev–Trinajstić information content (AvgIpc) is 2.66. The van der Waals surface area contributed by atoms with E-state index in [0.717, 1.165) is 26.1 Å². The van der Waals surface area contributed by atoms with E-state index in [9.17, 15) is 9.59 Å². The van der Waals surface area contributed by atoms with Crippen molar-refractivity contribution in [2.75, 3.05) is 26.2 Å². The molecule has 5 heteroatoms. The third-order valence-corrected chi connectivity index (χ3v) is 3.16. The molecule has 1 N–H and O–H groups in total. The van der Waals surface area contributed by atoms with E-state index >= 15 is 0 Å². The van der Waals surface area contributed by atoms with Crippen LogP contribution in [-0.4, -0.2) is 42.8 Å². The quantitative estimate of drug-likeness (QED) is 0.841. The molecule has 1 aromatic rings. The van der Waals surface area contributed by atoms with Crippen LogP contribution in [0.1, 0.15) is 34.1 Å². The third-order valence-electron chi connectivity index (χ3n) is 3.16. The normalized spacial score (nSPS) is 15.3. The minimum Gasteiger partial charge on any atom is -0.337 e. The molecule has 1 saturated heterocycles. The van der Waals surface area contributed by atoms with Gasteiger partial charge in [-0.05, 0) is 26.0 Å². The Morgan fingerprint density at radius 1 is 1.11 bits per heavy atom. The van der Waals surface area contributed by atoms with Crippen LogP contribution in [0.15, 0.2) is 24.3 Å². The highest BCUT2D eigenvalue weighted by atomic mass is 35.5. The van der Waals surface area contributed by atoms with Crippen molar-refractivity contribution < 1.29 is 9.59 Å². The van der Waals surface area contributed by atoms with Crippen molar-refractivity contribution in [3.63, 3.8) is 0 Å². The van der Waals surface area contributed by atoms with Gasteiger partial charge in [0.2, 0.25) is 0 Å². The molecular formula is C14H19ClN2O2. The lowest BCUT2D eigenvalue weighted by Crippen LogP contribution is -2.34. The van der Waals surface area contributed by atoms with Crippen molar-refractivity contribution in [2.24, 2.45) is 0 Å². The number of amides is 1. The van der Waals surface area contributed by atoms with E-state index < -0.39 is 0 Å². The van der Waals surface area contributed by atoms with Gasteiger partial charge in [-0.2, -0.15) is 0 Å². The Balaban J connectivity index is 0.00000180. The molecule has 1 amide bonds. The van der Waals surface area contributed by atoms with Crippen LogP contribution in [0, 0.1) is 0 Å². The van der Waals surface area contributed by atoms with Gasteiger partial charge in [0.1, 0.15) is 0 Å². The van der Waals surface area contributed by atoms with Crippen LogP contribution >= 0.6 is 12.4 Å². The van der Waals surface area contributed by atoms with Gasteiger partial charge < -0.3 is 10.2 Å². The first-order valence-electron chi connectivity index (χ1n) is 6.30. The van der Waals surface area contributed by atoms with E-state index in [0.29, 0.717) is 17.7 Å². The van der Waals surface area contributed by atoms with Gasteiger partial charge in [-0.25, -0.2) is 0 Å². The Morgan fingerprint density at radius 2 is 1.79 bits per heavy atom. The summed E-state index contributed by atoms with van der Waals surface area (Å²) in [4.78, 5) is 25.8. The van der Waals surface area contributed by atoms with Crippen molar-refractivity contribution in [1.82, 2.24) is 10.2 Å². The largest absolute Gasteiger partial charge is 0.337 e. The van der Waals surface area contributed by atoms with Crippen molar-refractivity contribution >= 4 is 24.1 Å². The summed E-state index contributed by atoms with van der Waals surface area (Å²) in [7, 11) is 0. The number of benzene rings is 1. The van der Waals surface area contributed by atoms with Crippen LogP contribution in [-0.2, 0) is 0 Å². The van der Waals surface area contributed by atoms with Crippen molar-refractivity contribution in [3.8, 4) is 0 Å². The fourth-order valence-corrected chi connectivity index (χ4v) is 2.20. The smallest absolute Gasteiger partial charge is 0.254 e. The average molecular weight is 283 g/mol. The zero-order valence-electron chi connectivity index (χ0n) is 11.0. The third kappa shape index (κ3) is 3.78. The zero-order chi connectivity index (χ0) is 13.0. The van der Waals surface area contributed by atoms with Crippen LogP contribution in [0.4, 0.5) is 0 Å². The summed E-state index contributed by atoms with van der Waals surface area (Å²) < 4.78 is 0. The highest BCUT2D eigenvalue weighted by Gasteiger charge is 2.20. The number of hydrogen-bond acceptors (Lipinski definition) is 3. The molecule has 0 saturated carbocycles. The van der Waals surface area contributed by atoms with Gasteiger partial charge >= 0.3 is 0 Å². The van der Waals surface area contributed by atoms with Gasteiger partial charge in [0, 0.05) is 25.2 Å². The van der Waals surface area contributed by atoms with Crippen molar-refractivity contribution in [3.05, 3.63) is 35.4 Å². The molecule has 104 valence electrons. The van der Waals surface area contributed by atoms with Gasteiger partial charge in [0.25, 0.3) is 5.91 Å². The Labute approximate surface area is 119 Å². The highest BCUT2D eigenvalue weighted by Crippen LogP contribution is 2.13. The molecule has 4 nitrogen and oxygen atoms in total. The van der Waals surface area contributed by atoms with Crippen LogP contribution < -0.4 is 5.32 Å². The lowest BCUT2D eigenvalue weighted by atomic mass is 10.0. The first kappa shape index (κ1) is 15.7. The van der Waals surface area contributed by atoms with Crippen LogP contribution in [0.2, 0.25) is 0 Å². The summed E-state index contributed by atoms with van der Waals surface area (Å²) in [6, 6.07) is 7.04. The van der Waals surface area contributed by atoms with Gasteiger partial charge in [0.05, 0.1) is 5.56 Å². The maximum atomic E-state index is 12.4. The summed E-state index contributed by atoms with van der Waals surface area (Å²) >= 11 is 0.